The second-order valence-corrected chi connectivity index (χ2v) is 6.69. The van der Waals surface area contributed by atoms with Crippen molar-refractivity contribution in [3.63, 3.8) is 0 Å². The maximum Gasteiger partial charge on any atom is 0.250 e. The highest BCUT2D eigenvalue weighted by Gasteiger charge is 2.49. The van der Waals surface area contributed by atoms with E-state index in [1.807, 2.05) is 60.7 Å². The molecule has 2 aliphatic heterocycles. The molecule has 2 aliphatic rings. The van der Waals surface area contributed by atoms with Gasteiger partial charge in [0.1, 0.15) is 6.10 Å². The summed E-state index contributed by atoms with van der Waals surface area (Å²) in [5, 5.41) is 3.17. The van der Waals surface area contributed by atoms with Crippen LogP contribution in [0.1, 0.15) is 24.0 Å². The van der Waals surface area contributed by atoms with E-state index in [2.05, 4.69) is 5.32 Å². The minimum Gasteiger partial charge on any atom is -0.339 e. The highest BCUT2D eigenvalue weighted by Crippen LogP contribution is 2.42. The van der Waals surface area contributed by atoms with Crippen LogP contribution in [0.3, 0.4) is 0 Å². The van der Waals surface area contributed by atoms with Crippen molar-refractivity contribution in [3.8, 4) is 0 Å². The van der Waals surface area contributed by atoms with E-state index in [1.54, 1.807) is 0 Å². The Balaban J connectivity index is 1.65. The summed E-state index contributed by atoms with van der Waals surface area (Å²) in [5.74, 6) is -3.70. The summed E-state index contributed by atoms with van der Waals surface area (Å²) in [6, 6.07) is 18.9. The molecule has 2 heterocycles. The van der Waals surface area contributed by atoms with Crippen molar-refractivity contribution >= 4 is 0 Å². The van der Waals surface area contributed by atoms with Crippen LogP contribution in [-0.2, 0) is 15.3 Å². The lowest BCUT2D eigenvalue weighted by Gasteiger charge is -2.34. The Bertz CT molecular complexity index is 669. The van der Waals surface area contributed by atoms with Crippen molar-refractivity contribution in [2.75, 3.05) is 13.2 Å². The van der Waals surface area contributed by atoms with E-state index in [4.69, 9.17) is 9.47 Å². The van der Waals surface area contributed by atoms with Crippen molar-refractivity contribution in [1.29, 1.82) is 0 Å². The lowest BCUT2D eigenvalue weighted by atomic mass is 9.96. The molecule has 2 atom stereocenters. The van der Waals surface area contributed by atoms with Gasteiger partial charge in [0.25, 0.3) is 5.92 Å². The van der Waals surface area contributed by atoms with E-state index in [0.717, 1.165) is 11.1 Å². The van der Waals surface area contributed by atoms with E-state index < -0.39 is 23.9 Å². The Morgan fingerprint density at radius 3 is 2.08 bits per heavy atom. The zero-order valence-electron chi connectivity index (χ0n) is 13.8. The molecule has 2 fully saturated rings. The van der Waals surface area contributed by atoms with Crippen LogP contribution < -0.4 is 5.32 Å². The molecule has 0 saturated carbocycles. The first-order chi connectivity index (χ1) is 12.1. The second kappa shape index (κ2) is 6.48. The molecular weight excluding hydrogens is 324 g/mol. The van der Waals surface area contributed by atoms with Crippen LogP contribution in [0, 0.1) is 0 Å². The van der Waals surface area contributed by atoms with Gasteiger partial charge in [-0.2, -0.15) is 0 Å². The van der Waals surface area contributed by atoms with Gasteiger partial charge >= 0.3 is 0 Å². The molecule has 0 spiro atoms. The molecule has 0 aliphatic carbocycles. The Kier molecular flexibility index (Phi) is 4.31. The van der Waals surface area contributed by atoms with Gasteiger partial charge in [0.05, 0.1) is 6.61 Å². The lowest BCUT2D eigenvalue weighted by molar-refractivity contribution is -0.152. The first-order valence-electron chi connectivity index (χ1n) is 8.63. The predicted molar refractivity (Wildman–Crippen MR) is 90.5 cm³/mol. The lowest BCUT2D eigenvalue weighted by Crippen LogP contribution is -2.51. The van der Waals surface area contributed by atoms with Crippen LogP contribution in [0.15, 0.2) is 60.7 Å². The average Bonchev–Trinajstić information content (AvgIpc) is 3.09. The summed E-state index contributed by atoms with van der Waals surface area (Å²) in [7, 11) is 0. The molecular formula is C20H21F2NO2. The summed E-state index contributed by atoms with van der Waals surface area (Å²) in [5.41, 5.74) is 1.73. The molecule has 2 aromatic carbocycles. The maximum atomic E-state index is 13.8. The number of hydrogen-bond acceptors (Lipinski definition) is 3. The molecule has 2 saturated heterocycles. The number of benzene rings is 2. The smallest absolute Gasteiger partial charge is 0.250 e. The zero-order valence-corrected chi connectivity index (χ0v) is 13.8. The second-order valence-electron chi connectivity index (χ2n) is 6.69. The van der Waals surface area contributed by atoms with Crippen molar-refractivity contribution in [1.82, 2.24) is 5.32 Å². The summed E-state index contributed by atoms with van der Waals surface area (Å²) >= 11 is 0. The molecule has 4 rings (SSSR count). The van der Waals surface area contributed by atoms with E-state index in [9.17, 15) is 8.78 Å². The van der Waals surface area contributed by atoms with E-state index in [0.29, 0.717) is 6.54 Å². The van der Waals surface area contributed by atoms with Crippen molar-refractivity contribution in [3.05, 3.63) is 71.8 Å². The van der Waals surface area contributed by atoms with Gasteiger partial charge in [-0.15, -0.1) is 0 Å². The number of halogens is 2. The number of alkyl halides is 2. The highest BCUT2D eigenvalue weighted by atomic mass is 19.3. The van der Waals surface area contributed by atoms with Crippen LogP contribution in [0.25, 0.3) is 0 Å². The average molecular weight is 345 g/mol. The van der Waals surface area contributed by atoms with Gasteiger partial charge in [0.15, 0.2) is 0 Å². The predicted octanol–water partition coefficient (Wildman–Crippen LogP) is 3.69. The van der Waals surface area contributed by atoms with Gasteiger partial charge in [0, 0.05) is 36.6 Å². The largest absolute Gasteiger partial charge is 0.339 e. The van der Waals surface area contributed by atoms with E-state index in [-0.39, 0.29) is 19.4 Å². The van der Waals surface area contributed by atoms with Crippen LogP contribution in [-0.4, -0.2) is 31.2 Å². The van der Waals surface area contributed by atoms with Gasteiger partial charge < -0.3 is 14.8 Å². The van der Waals surface area contributed by atoms with Gasteiger partial charge in [-0.1, -0.05) is 60.7 Å². The van der Waals surface area contributed by atoms with Gasteiger partial charge in [-0.3, -0.25) is 0 Å². The summed E-state index contributed by atoms with van der Waals surface area (Å²) in [6.45, 7) is 0.568. The number of piperidine rings is 1. The standard InChI is InChI=1S/C20H21F2NO2/c21-19(22)11-12-23-17(13-19)18-14-24-20(25-18,15-7-3-1-4-8-15)16-9-5-2-6-10-16/h1-10,17-18,23H,11-14H2/t17-,18+/m0/s1. The normalized spacial score (nSPS) is 27.9. The fourth-order valence-corrected chi connectivity index (χ4v) is 3.66. The van der Waals surface area contributed by atoms with Crippen molar-refractivity contribution in [2.24, 2.45) is 0 Å². The third-order valence-electron chi connectivity index (χ3n) is 4.94. The molecule has 132 valence electrons. The van der Waals surface area contributed by atoms with E-state index in [1.165, 1.54) is 0 Å². The minimum atomic E-state index is -2.65. The Labute approximate surface area is 146 Å². The quantitative estimate of drug-likeness (QED) is 0.920. The topological polar surface area (TPSA) is 30.5 Å². The maximum absolute atomic E-state index is 13.8. The van der Waals surface area contributed by atoms with Crippen molar-refractivity contribution in [2.45, 2.75) is 36.7 Å². The third kappa shape index (κ3) is 3.19. The fourth-order valence-electron chi connectivity index (χ4n) is 3.66. The van der Waals surface area contributed by atoms with Gasteiger partial charge in [-0.25, -0.2) is 8.78 Å². The summed E-state index contributed by atoms with van der Waals surface area (Å²) in [4.78, 5) is 0. The Morgan fingerprint density at radius 1 is 0.920 bits per heavy atom. The van der Waals surface area contributed by atoms with Gasteiger partial charge in [-0.05, 0) is 0 Å². The van der Waals surface area contributed by atoms with Crippen LogP contribution in [0.4, 0.5) is 8.78 Å². The highest BCUT2D eigenvalue weighted by molar-refractivity contribution is 5.34. The summed E-state index contributed by atoms with van der Waals surface area (Å²) < 4.78 is 40.1. The molecule has 0 bridgehead atoms. The fraction of sp³-hybridized carbons (Fsp3) is 0.400. The number of hydrogen-bond donors (Lipinski definition) is 1. The monoisotopic (exact) mass is 345 g/mol. The number of ether oxygens (including phenoxy) is 2. The summed E-state index contributed by atoms with van der Waals surface area (Å²) in [6.07, 6.45) is -0.771. The molecule has 1 N–H and O–H groups in total. The molecule has 25 heavy (non-hydrogen) atoms. The zero-order chi connectivity index (χ0) is 17.3. The Hall–Kier alpha value is -1.82. The van der Waals surface area contributed by atoms with Crippen LogP contribution >= 0.6 is 0 Å². The van der Waals surface area contributed by atoms with Crippen molar-refractivity contribution < 1.29 is 18.3 Å². The van der Waals surface area contributed by atoms with Crippen LogP contribution in [0.5, 0.6) is 0 Å². The molecule has 0 amide bonds. The Morgan fingerprint density at radius 2 is 1.52 bits per heavy atom. The van der Waals surface area contributed by atoms with E-state index >= 15 is 0 Å². The molecule has 0 unspecified atom stereocenters. The number of nitrogens with one attached hydrogen (secondary N) is 1. The SMILES string of the molecule is FC1(F)CCN[C@H]([C@H]2COC(c3ccccc3)(c3ccccc3)O2)C1. The first kappa shape index (κ1) is 16.6. The molecule has 2 aromatic rings. The molecule has 0 radical (unpaired) electrons. The van der Waals surface area contributed by atoms with Crippen LogP contribution in [0.2, 0.25) is 0 Å². The molecule has 3 nitrogen and oxygen atoms in total. The molecule has 0 aromatic heterocycles. The number of rotatable bonds is 3. The minimum absolute atomic E-state index is 0.125. The molecule has 5 heteroatoms. The van der Waals surface area contributed by atoms with Gasteiger partial charge in [0.2, 0.25) is 5.79 Å². The third-order valence-corrected chi connectivity index (χ3v) is 4.94. The first-order valence-corrected chi connectivity index (χ1v) is 8.63.